The maximum absolute atomic E-state index is 10.9. The van der Waals surface area contributed by atoms with Crippen molar-refractivity contribution >= 4 is 10.0 Å². The molecule has 16 heavy (non-hydrogen) atoms. The summed E-state index contributed by atoms with van der Waals surface area (Å²) < 4.78 is 32.5. The van der Waals surface area contributed by atoms with E-state index in [1.54, 1.807) is 13.8 Å². The molecule has 0 saturated carbocycles. The van der Waals surface area contributed by atoms with Gasteiger partial charge in [0.1, 0.15) is 0 Å². The van der Waals surface area contributed by atoms with Crippen LogP contribution in [0.4, 0.5) is 0 Å². The van der Waals surface area contributed by atoms with Crippen LogP contribution in [0.25, 0.3) is 0 Å². The lowest BCUT2D eigenvalue weighted by atomic mass is 9.98. The summed E-state index contributed by atoms with van der Waals surface area (Å²) in [6.07, 6.45) is 0.182. The second-order valence-corrected chi connectivity index (χ2v) is 6.56. The third kappa shape index (κ3) is 10.4. The summed E-state index contributed by atoms with van der Waals surface area (Å²) in [7, 11) is -3.45. The van der Waals surface area contributed by atoms with Crippen molar-refractivity contribution in [1.29, 1.82) is 0 Å². The van der Waals surface area contributed by atoms with Gasteiger partial charge in [-0.2, -0.15) is 0 Å². The van der Waals surface area contributed by atoms with Crippen molar-refractivity contribution in [3.8, 4) is 0 Å². The highest BCUT2D eigenvalue weighted by atomic mass is 32.2. The van der Waals surface area contributed by atoms with Crippen LogP contribution in [0, 0.1) is 5.41 Å². The van der Waals surface area contributed by atoms with Crippen LogP contribution in [0.15, 0.2) is 0 Å². The van der Waals surface area contributed by atoms with E-state index in [4.69, 9.17) is 14.6 Å². The van der Waals surface area contributed by atoms with E-state index in [2.05, 4.69) is 0 Å². The Kier molecular flexibility index (Phi) is 6.47. The molecule has 0 aromatic rings. The summed E-state index contributed by atoms with van der Waals surface area (Å²) in [5.74, 6) is -0.0783. The summed E-state index contributed by atoms with van der Waals surface area (Å²) in [4.78, 5) is 0. The summed E-state index contributed by atoms with van der Waals surface area (Å²) >= 11 is 0. The minimum atomic E-state index is -3.45. The molecule has 0 bridgehead atoms. The van der Waals surface area contributed by atoms with Gasteiger partial charge in [-0.1, -0.05) is 13.8 Å². The highest BCUT2D eigenvalue weighted by Crippen LogP contribution is 2.16. The van der Waals surface area contributed by atoms with Crippen molar-refractivity contribution in [2.45, 2.75) is 33.8 Å². The highest BCUT2D eigenvalue weighted by Gasteiger charge is 2.24. The van der Waals surface area contributed by atoms with Crippen molar-refractivity contribution in [3.05, 3.63) is 0 Å². The van der Waals surface area contributed by atoms with Crippen LogP contribution in [0.3, 0.4) is 0 Å². The van der Waals surface area contributed by atoms with Crippen molar-refractivity contribution in [2.75, 3.05) is 25.6 Å². The lowest BCUT2D eigenvalue weighted by Crippen LogP contribution is -2.33. The average molecular weight is 253 g/mol. The van der Waals surface area contributed by atoms with Crippen molar-refractivity contribution in [1.82, 2.24) is 0 Å². The Morgan fingerprint density at radius 3 is 2.25 bits per heavy atom. The predicted molar refractivity (Wildman–Crippen MR) is 63.7 cm³/mol. The molecule has 0 heterocycles. The Bertz CT molecular complexity index is 285. The Balaban J connectivity index is 3.75. The van der Waals surface area contributed by atoms with Gasteiger partial charge in [-0.05, 0) is 13.8 Å². The summed E-state index contributed by atoms with van der Waals surface area (Å²) in [6.45, 7) is 8.84. The fraction of sp³-hybridized carbons (Fsp3) is 1.00. The van der Waals surface area contributed by atoms with Crippen LogP contribution < -0.4 is 5.14 Å². The lowest BCUT2D eigenvalue weighted by molar-refractivity contribution is 0.000484. The molecule has 98 valence electrons. The maximum atomic E-state index is 10.9. The number of hydrogen-bond acceptors (Lipinski definition) is 4. The predicted octanol–water partition coefficient (Wildman–Crippen LogP) is 0.743. The van der Waals surface area contributed by atoms with E-state index in [1.807, 2.05) is 13.8 Å². The molecule has 2 N–H and O–H groups in total. The van der Waals surface area contributed by atoms with Gasteiger partial charge in [0.05, 0.1) is 31.7 Å². The van der Waals surface area contributed by atoms with E-state index in [9.17, 15) is 8.42 Å². The third-order valence-corrected chi connectivity index (χ3v) is 2.95. The van der Waals surface area contributed by atoms with Gasteiger partial charge in [0.25, 0.3) is 0 Å². The molecular formula is C10H23NO4S. The van der Waals surface area contributed by atoms with Gasteiger partial charge in [-0.15, -0.1) is 0 Å². The number of hydrogen-bond donors (Lipinski definition) is 1. The normalized spacial score (nSPS) is 13.4. The Labute approximate surface area is 98.4 Å². The van der Waals surface area contributed by atoms with Crippen LogP contribution in [-0.2, 0) is 19.5 Å². The van der Waals surface area contributed by atoms with E-state index in [0.29, 0.717) is 19.8 Å². The number of primary sulfonamides is 1. The first kappa shape index (κ1) is 15.8. The van der Waals surface area contributed by atoms with Gasteiger partial charge in [-0.25, -0.2) is 13.6 Å². The molecule has 0 unspecified atom stereocenters. The average Bonchev–Trinajstić information content (AvgIpc) is 1.97. The number of ether oxygens (including phenoxy) is 2. The van der Waals surface area contributed by atoms with E-state index in [0.717, 1.165) is 0 Å². The van der Waals surface area contributed by atoms with Gasteiger partial charge in [0, 0.05) is 5.41 Å². The van der Waals surface area contributed by atoms with Crippen LogP contribution >= 0.6 is 0 Å². The molecule has 0 spiro atoms. The molecule has 5 nitrogen and oxygen atoms in total. The van der Waals surface area contributed by atoms with Crippen molar-refractivity contribution in [2.24, 2.45) is 10.6 Å². The van der Waals surface area contributed by atoms with Crippen molar-refractivity contribution < 1.29 is 17.9 Å². The summed E-state index contributed by atoms with van der Waals surface area (Å²) in [6, 6.07) is 0. The van der Waals surface area contributed by atoms with E-state index in [1.165, 1.54) is 0 Å². The molecule has 0 aliphatic carbocycles. The van der Waals surface area contributed by atoms with Crippen LogP contribution in [-0.4, -0.2) is 40.1 Å². The molecular weight excluding hydrogens is 230 g/mol. The fourth-order valence-electron chi connectivity index (χ4n) is 1.28. The monoisotopic (exact) mass is 253 g/mol. The second kappa shape index (κ2) is 6.54. The maximum Gasteiger partial charge on any atom is 0.209 e. The molecule has 0 aromatic heterocycles. The lowest BCUT2D eigenvalue weighted by Gasteiger charge is -2.23. The van der Waals surface area contributed by atoms with Gasteiger partial charge in [-0.3, -0.25) is 0 Å². The van der Waals surface area contributed by atoms with Crippen molar-refractivity contribution in [3.63, 3.8) is 0 Å². The second-order valence-electron chi connectivity index (χ2n) is 4.94. The van der Waals surface area contributed by atoms with E-state index in [-0.39, 0.29) is 11.9 Å². The van der Waals surface area contributed by atoms with Gasteiger partial charge < -0.3 is 9.47 Å². The number of nitrogens with two attached hydrogens (primary N) is 1. The molecule has 0 aromatic carbocycles. The van der Waals surface area contributed by atoms with Gasteiger partial charge in [0.15, 0.2) is 0 Å². The molecule has 0 radical (unpaired) electrons. The molecule has 0 aliphatic heterocycles. The minimum Gasteiger partial charge on any atom is -0.378 e. The zero-order valence-electron chi connectivity index (χ0n) is 10.5. The van der Waals surface area contributed by atoms with E-state index < -0.39 is 15.4 Å². The zero-order chi connectivity index (χ0) is 12.8. The largest absolute Gasteiger partial charge is 0.378 e. The fourth-order valence-corrected chi connectivity index (χ4v) is 2.45. The Morgan fingerprint density at radius 1 is 1.25 bits per heavy atom. The Morgan fingerprint density at radius 2 is 1.81 bits per heavy atom. The first-order chi connectivity index (χ1) is 7.12. The van der Waals surface area contributed by atoms with Crippen LogP contribution in [0.1, 0.15) is 27.7 Å². The zero-order valence-corrected chi connectivity index (χ0v) is 11.3. The molecule has 6 heteroatoms. The first-order valence-corrected chi connectivity index (χ1v) is 7.04. The van der Waals surface area contributed by atoms with Crippen LogP contribution in [0.5, 0.6) is 0 Å². The Hall–Kier alpha value is -0.170. The SMILES string of the molecule is CC(C)OCCOCC(C)(C)CS(N)(=O)=O. The molecule has 0 atom stereocenters. The molecule has 0 saturated heterocycles. The number of rotatable bonds is 8. The first-order valence-electron chi connectivity index (χ1n) is 5.32. The standard InChI is InChI=1S/C10H23NO4S/c1-9(2)15-6-5-14-7-10(3,4)8-16(11,12)13/h9H,5-8H2,1-4H3,(H2,11,12,13). The van der Waals surface area contributed by atoms with Gasteiger partial charge >= 0.3 is 0 Å². The smallest absolute Gasteiger partial charge is 0.209 e. The molecule has 0 rings (SSSR count). The molecule has 0 aliphatic rings. The topological polar surface area (TPSA) is 78.6 Å². The summed E-state index contributed by atoms with van der Waals surface area (Å²) in [5, 5.41) is 4.98. The van der Waals surface area contributed by atoms with Gasteiger partial charge in [0.2, 0.25) is 10.0 Å². The summed E-state index contributed by atoms with van der Waals surface area (Å²) in [5.41, 5.74) is -0.467. The third-order valence-electron chi connectivity index (χ3n) is 1.76. The minimum absolute atomic E-state index is 0.0783. The van der Waals surface area contributed by atoms with E-state index >= 15 is 0 Å². The van der Waals surface area contributed by atoms with Crippen LogP contribution in [0.2, 0.25) is 0 Å². The highest BCUT2D eigenvalue weighted by molar-refractivity contribution is 7.89. The molecule has 0 fully saturated rings. The quantitative estimate of drug-likeness (QED) is 0.647. The number of sulfonamides is 1. The molecule has 0 amide bonds.